The van der Waals surface area contributed by atoms with Crippen LogP contribution in [0.15, 0.2) is 12.1 Å². The maximum absolute atomic E-state index is 8.66. The standard InChI is InChI=1S/C11H16ClNO2/c1-8-5-10(12)6-9(11(8)15-2)7-13-3-4-14/h5-6,13-14H,3-4,7H2,1-2H3. The van der Waals surface area contributed by atoms with Crippen molar-refractivity contribution in [3.8, 4) is 5.75 Å². The molecule has 84 valence electrons. The number of rotatable bonds is 5. The molecule has 0 amide bonds. The van der Waals surface area contributed by atoms with Crippen molar-refractivity contribution in [3.63, 3.8) is 0 Å². The lowest BCUT2D eigenvalue weighted by Gasteiger charge is -2.12. The van der Waals surface area contributed by atoms with Crippen LogP contribution in [-0.4, -0.2) is 25.4 Å². The molecule has 2 N–H and O–H groups in total. The first-order chi connectivity index (χ1) is 7.19. The van der Waals surface area contributed by atoms with Gasteiger partial charge in [0.05, 0.1) is 13.7 Å². The smallest absolute Gasteiger partial charge is 0.126 e. The Labute approximate surface area is 95.0 Å². The van der Waals surface area contributed by atoms with E-state index < -0.39 is 0 Å². The van der Waals surface area contributed by atoms with Gasteiger partial charge in [0, 0.05) is 23.7 Å². The molecular formula is C11H16ClNO2. The first-order valence-electron chi connectivity index (χ1n) is 4.83. The summed E-state index contributed by atoms with van der Waals surface area (Å²) >= 11 is 5.96. The molecule has 4 heteroatoms. The summed E-state index contributed by atoms with van der Waals surface area (Å²) in [4.78, 5) is 0. The molecule has 0 fully saturated rings. The number of hydrogen-bond donors (Lipinski definition) is 2. The van der Waals surface area contributed by atoms with E-state index in [1.165, 1.54) is 0 Å². The molecule has 0 bridgehead atoms. The molecule has 15 heavy (non-hydrogen) atoms. The van der Waals surface area contributed by atoms with E-state index in [4.69, 9.17) is 21.4 Å². The topological polar surface area (TPSA) is 41.5 Å². The van der Waals surface area contributed by atoms with Crippen LogP contribution in [0.4, 0.5) is 0 Å². The molecule has 0 radical (unpaired) electrons. The van der Waals surface area contributed by atoms with Crippen LogP contribution in [0.3, 0.4) is 0 Å². The number of aliphatic hydroxyl groups is 1. The van der Waals surface area contributed by atoms with Gasteiger partial charge in [0.15, 0.2) is 0 Å². The minimum absolute atomic E-state index is 0.127. The number of halogens is 1. The van der Waals surface area contributed by atoms with Crippen molar-refractivity contribution in [2.45, 2.75) is 13.5 Å². The zero-order chi connectivity index (χ0) is 11.3. The van der Waals surface area contributed by atoms with Gasteiger partial charge >= 0.3 is 0 Å². The molecule has 0 aromatic heterocycles. The first kappa shape index (κ1) is 12.3. The maximum Gasteiger partial charge on any atom is 0.126 e. The summed E-state index contributed by atoms with van der Waals surface area (Å²) < 4.78 is 5.30. The van der Waals surface area contributed by atoms with Crippen LogP contribution in [-0.2, 0) is 6.54 Å². The highest BCUT2D eigenvalue weighted by Gasteiger charge is 2.07. The Morgan fingerprint density at radius 2 is 2.20 bits per heavy atom. The number of methoxy groups -OCH3 is 1. The lowest BCUT2D eigenvalue weighted by atomic mass is 10.1. The predicted octanol–water partition coefficient (Wildman–Crippen LogP) is 1.74. The molecule has 0 atom stereocenters. The highest BCUT2D eigenvalue weighted by molar-refractivity contribution is 6.30. The zero-order valence-corrected chi connectivity index (χ0v) is 9.77. The van der Waals surface area contributed by atoms with Crippen LogP contribution in [0, 0.1) is 6.92 Å². The van der Waals surface area contributed by atoms with E-state index in [1.807, 2.05) is 19.1 Å². The Morgan fingerprint density at radius 3 is 2.80 bits per heavy atom. The summed E-state index contributed by atoms with van der Waals surface area (Å²) in [6.07, 6.45) is 0. The summed E-state index contributed by atoms with van der Waals surface area (Å²) in [6.45, 7) is 3.29. The number of ether oxygens (including phenoxy) is 1. The Bertz CT molecular complexity index is 329. The third kappa shape index (κ3) is 3.38. The summed E-state index contributed by atoms with van der Waals surface area (Å²) in [5.41, 5.74) is 2.03. The molecule has 1 rings (SSSR count). The van der Waals surface area contributed by atoms with E-state index in [1.54, 1.807) is 7.11 Å². The van der Waals surface area contributed by atoms with Gasteiger partial charge in [-0.1, -0.05) is 11.6 Å². The monoisotopic (exact) mass is 229 g/mol. The van der Waals surface area contributed by atoms with Crippen molar-refractivity contribution in [3.05, 3.63) is 28.3 Å². The molecule has 0 spiro atoms. The fourth-order valence-electron chi connectivity index (χ4n) is 1.52. The van der Waals surface area contributed by atoms with Crippen LogP contribution < -0.4 is 10.1 Å². The Morgan fingerprint density at radius 1 is 1.47 bits per heavy atom. The molecule has 0 aliphatic carbocycles. The molecule has 0 saturated heterocycles. The van der Waals surface area contributed by atoms with Crippen molar-refractivity contribution in [1.29, 1.82) is 0 Å². The maximum atomic E-state index is 8.66. The van der Waals surface area contributed by atoms with Crippen molar-refractivity contribution in [1.82, 2.24) is 5.32 Å². The zero-order valence-electron chi connectivity index (χ0n) is 9.01. The highest BCUT2D eigenvalue weighted by Crippen LogP contribution is 2.27. The van der Waals surface area contributed by atoms with Gasteiger partial charge in [-0.3, -0.25) is 0 Å². The van der Waals surface area contributed by atoms with Gasteiger partial charge in [0.1, 0.15) is 5.75 Å². The van der Waals surface area contributed by atoms with Gasteiger partial charge in [-0.2, -0.15) is 0 Å². The molecule has 0 heterocycles. The average molecular weight is 230 g/mol. The number of aryl methyl sites for hydroxylation is 1. The normalized spacial score (nSPS) is 10.4. The van der Waals surface area contributed by atoms with Crippen LogP contribution >= 0.6 is 11.6 Å². The summed E-state index contributed by atoms with van der Waals surface area (Å²) in [5, 5.41) is 12.5. The number of benzene rings is 1. The van der Waals surface area contributed by atoms with Gasteiger partial charge in [-0.15, -0.1) is 0 Å². The summed E-state index contributed by atoms with van der Waals surface area (Å²) in [7, 11) is 1.64. The number of aliphatic hydroxyl groups excluding tert-OH is 1. The van der Waals surface area contributed by atoms with E-state index in [2.05, 4.69) is 5.32 Å². The van der Waals surface area contributed by atoms with Crippen molar-refractivity contribution >= 4 is 11.6 Å². The second-order valence-corrected chi connectivity index (χ2v) is 3.75. The third-order valence-corrected chi connectivity index (χ3v) is 2.34. The van der Waals surface area contributed by atoms with Crippen molar-refractivity contribution in [2.75, 3.05) is 20.3 Å². The SMILES string of the molecule is COc1c(C)cc(Cl)cc1CNCCO. The highest BCUT2D eigenvalue weighted by atomic mass is 35.5. The van der Waals surface area contributed by atoms with Gasteiger partial charge < -0.3 is 15.2 Å². The van der Waals surface area contributed by atoms with E-state index in [9.17, 15) is 0 Å². The molecule has 0 aliphatic rings. The number of nitrogens with one attached hydrogen (secondary N) is 1. The van der Waals surface area contributed by atoms with Crippen LogP contribution in [0.5, 0.6) is 5.75 Å². The van der Waals surface area contributed by atoms with E-state index >= 15 is 0 Å². The van der Waals surface area contributed by atoms with Crippen LogP contribution in [0.1, 0.15) is 11.1 Å². The van der Waals surface area contributed by atoms with E-state index in [0.29, 0.717) is 18.1 Å². The van der Waals surface area contributed by atoms with Crippen LogP contribution in [0.2, 0.25) is 5.02 Å². The van der Waals surface area contributed by atoms with E-state index in [0.717, 1.165) is 16.9 Å². The predicted molar refractivity (Wildman–Crippen MR) is 61.5 cm³/mol. The van der Waals surface area contributed by atoms with Gasteiger partial charge in [-0.25, -0.2) is 0 Å². The molecule has 0 unspecified atom stereocenters. The van der Waals surface area contributed by atoms with Crippen molar-refractivity contribution < 1.29 is 9.84 Å². The largest absolute Gasteiger partial charge is 0.496 e. The molecule has 0 saturated carbocycles. The van der Waals surface area contributed by atoms with Crippen LogP contribution in [0.25, 0.3) is 0 Å². The summed E-state index contributed by atoms with van der Waals surface area (Å²) in [6, 6.07) is 3.74. The molecule has 1 aromatic rings. The Balaban J connectivity index is 2.84. The van der Waals surface area contributed by atoms with Gasteiger partial charge in [-0.05, 0) is 24.6 Å². The Kier molecular flexibility index (Phi) is 4.88. The van der Waals surface area contributed by atoms with E-state index in [-0.39, 0.29) is 6.61 Å². The minimum atomic E-state index is 0.127. The fraction of sp³-hybridized carbons (Fsp3) is 0.455. The number of hydrogen-bond acceptors (Lipinski definition) is 3. The third-order valence-electron chi connectivity index (χ3n) is 2.12. The molecule has 3 nitrogen and oxygen atoms in total. The Hall–Kier alpha value is -0.770. The lowest BCUT2D eigenvalue weighted by molar-refractivity contribution is 0.291. The summed E-state index contributed by atoms with van der Waals surface area (Å²) in [5.74, 6) is 0.852. The quantitative estimate of drug-likeness (QED) is 0.756. The minimum Gasteiger partial charge on any atom is -0.496 e. The molecule has 1 aromatic carbocycles. The van der Waals surface area contributed by atoms with Crippen molar-refractivity contribution in [2.24, 2.45) is 0 Å². The second-order valence-electron chi connectivity index (χ2n) is 3.32. The lowest BCUT2D eigenvalue weighted by Crippen LogP contribution is -2.18. The first-order valence-corrected chi connectivity index (χ1v) is 5.21. The van der Waals surface area contributed by atoms with Gasteiger partial charge in [0.2, 0.25) is 0 Å². The molecule has 0 aliphatic heterocycles. The fourth-order valence-corrected chi connectivity index (χ4v) is 1.82. The average Bonchev–Trinajstić information content (AvgIpc) is 2.17. The second kappa shape index (κ2) is 5.95. The molecular weight excluding hydrogens is 214 g/mol. The van der Waals surface area contributed by atoms with Gasteiger partial charge in [0.25, 0.3) is 0 Å².